The average molecular weight is 363 g/mol. The normalized spacial score (nSPS) is 15.3. The third kappa shape index (κ3) is 4.35. The van der Waals surface area contributed by atoms with E-state index in [-0.39, 0.29) is 23.1 Å². The number of nitro benzene ring substituents is 1. The quantitative estimate of drug-likeness (QED) is 0.451. The number of aryl methyl sites for hydroxylation is 1. The molecule has 1 aromatic carbocycles. The van der Waals surface area contributed by atoms with Crippen molar-refractivity contribution in [2.45, 2.75) is 26.9 Å². The van der Waals surface area contributed by atoms with Gasteiger partial charge >= 0.3 is 5.97 Å². The third-order valence-corrected chi connectivity index (χ3v) is 4.30. The SMILES string of the molecule is CC(=O)N1CCN(C(=O)C(C)OC(=O)c2ccc([N+](=O)[O-])c(C)c2)CC1. The van der Waals surface area contributed by atoms with E-state index in [1.165, 1.54) is 39.0 Å². The van der Waals surface area contributed by atoms with Gasteiger partial charge in [0.25, 0.3) is 11.6 Å². The summed E-state index contributed by atoms with van der Waals surface area (Å²) in [5, 5.41) is 10.8. The van der Waals surface area contributed by atoms with Crippen molar-refractivity contribution in [3.8, 4) is 0 Å². The van der Waals surface area contributed by atoms with Crippen molar-refractivity contribution in [3.63, 3.8) is 0 Å². The first-order valence-corrected chi connectivity index (χ1v) is 8.21. The molecule has 0 aromatic heterocycles. The Morgan fingerprint density at radius 3 is 2.23 bits per heavy atom. The van der Waals surface area contributed by atoms with E-state index in [0.717, 1.165) is 0 Å². The number of hydrogen-bond donors (Lipinski definition) is 0. The van der Waals surface area contributed by atoms with E-state index in [1.54, 1.807) is 9.80 Å². The molecule has 1 heterocycles. The van der Waals surface area contributed by atoms with Gasteiger partial charge in [0, 0.05) is 44.7 Å². The molecule has 1 unspecified atom stereocenters. The van der Waals surface area contributed by atoms with Crippen molar-refractivity contribution in [2.24, 2.45) is 0 Å². The van der Waals surface area contributed by atoms with E-state index in [4.69, 9.17) is 4.74 Å². The molecule has 0 aliphatic carbocycles. The molecule has 1 atom stereocenters. The molecule has 1 aliphatic heterocycles. The van der Waals surface area contributed by atoms with Gasteiger partial charge in [-0.1, -0.05) is 0 Å². The van der Waals surface area contributed by atoms with Crippen LogP contribution in [0.4, 0.5) is 5.69 Å². The van der Waals surface area contributed by atoms with Gasteiger partial charge in [-0.15, -0.1) is 0 Å². The summed E-state index contributed by atoms with van der Waals surface area (Å²) in [5.41, 5.74) is 0.395. The van der Waals surface area contributed by atoms with E-state index in [2.05, 4.69) is 0 Å². The molecule has 1 fully saturated rings. The van der Waals surface area contributed by atoms with Crippen LogP contribution in [0.2, 0.25) is 0 Å². The fourth-order valence-corrected chi connectivity index (χ4v) is 2.77. The summed E-state index contributed by atoms with van der Waals surface area (Å²) < 4.78 is 5.20. The molecule has 0 saturated carbocycles. The second-order valence-corrected chi connectivity index (χ2v) is 6.14. The van der Waals surface area contributed by atoms with Crippen LogP contribution in [0, 0.1) is 17.0 Å². The lowest BCUT2D eigenvalue weighted by Gasteiger charge is -2.35. The van der Waals surface area contributed by atoms with E-state index >= 15 is 0 Å². The first-order chi connectivity index (χ1) is 12.2. The Bertz CT molecular complexity index is 740. The Labute approximate surface area is 150 Å². The molecule has 1 saturated heterocycles. The fraction of sp³-hybridized carbons (Fsp3) is 0.471. The number of nitrogens with zero attached hydrogens (tertiary/aromatic N) is 3. The molecule has 26 heavy (non-hydrogen) atoms. The highest BCUT2D eigenvalue weighted by Crippen LogP contribution is 2.19. The lowest BCUT2D eigenvalue weighted by Crippen LogP contribution is -2.52. The molecule has 140 valence electrons. The van der Waals surface area contributed by atoms with Crippen LogP contribution in [0.1, 0.15) is 29.8 Å². The smallest absolute Gasteiger partial charge is 0.338 e. The third-order valence-electron chi connectivity index (χ3n) is 4.30. The maximum atomic E-state index is 12.4. The molecule has 0 bridgehead atoms. The van der Waals surface area contributed by atoms with Gasteiger partial charge in [0.1, 0.15) is 0 Å². The number of ether oxygens (including phenoxy) is 1. The molecule has 2 amide bonds. The van der Waals surface area contributed by atoms with Gasteiger partial charge in [-0.25, -0.2) is 4.79 Å². The number of carbonyl (C=O) groups excluding carboxylic acids is 3. The predicted molar refractivity (Wildman–Crippen MR) is 91.5 cm³/mol. The average Bonchev–Trinajstić information content (AvgIpc) is 2.60. The Morgan fingerprint density at radius 2 is 1.73 bits per heavy atom. The zero-order chi connectivity index (χ0) is 19.4. The summed E-state index contributed by atoms with van der Waals surface area (Å²) in [5.74, 6) is -1.09. The minimum atomic E-state index is -0.984. The van der Waals surface area contributed by atoms with Crippen LogP contribution in [-0.4, -0.2) is 64.8 Å². The highest BCUT2D eigenvalue weighted by Gasteiger charge is 2.28. The minimum absolute atomic E-state index is 0.0369. The van der Waals surface area contributed by atoms with Gasteiger partial charge in [0.15, 0.2) is 6.10 Å². The molecule has 9 heteroatoms. The number of hydrogen-bond acceptors (Lipinski definition) is 6. The number of rotatable bonds is 4. The number of amides is 2. The standard InChI is InChI=1S/C17H21N3O6/c1-11-10-14(4-5-15(11)20(24)25)17(23)26-12(2)16(22)19-8-6-18(7-9-19)13(3)21/h4-5,10,12H,6-9H2,1-3H3. The fourth-order valence-electron chi connectivity index (χ4n) is 2.77. The number of esters is 1. The van der Waals surface area contributed by atoms with Crippen LogP contribution >= 0.6 is 0 Å². The van der Waals surface area contributed by atoms with Gasteiger partial charge in [-0.2, -0.15) is 0 Å². The van der Waals surface area contributed by atoms with Crippen LogP contribution < -0.4 is 0 Å². The zero-order valence-corrected chi connectivity index (χ0v) is 14.9. The van der Waals surface area contributed by atoms with E-state index in [9.17, 15) is 24.5 Å². The number of benzene rings is 1. The summed E-state index contributed by atoms with van der Waals surface area (Å²) >= 11 is 0. The van der Waals surface area contributed by atoms with Crippen molar-refractivity contribution in [1.82, 2.24) is 9.80 Å². The van der Waals surface area contributed by atoms with Crippen molar-refractivity contribution in [2.75, 3.05) is 26.2 Å². The first-order valence-electron chi connectivity index (χ1n) is 8.21. The maximum absolute atomic E-state index is 12.4. The number of piperazine rings is 1. The molecule has 0 N–H and O–H groups in total. The van der Waals surface area contributed by atoms with Crippen molar-refractivity contribution >= 4 is 23.5 Å². The van der Waals surface area contributed by atoms with Gasteiger partial charge in [0.2, 0.25) is 5.91 Å². The van der Waals surface area contributed by atoms with Crippen molar-refractivity contribution < 1.29 is 24.0 Å². The van der Waals surface area contributed by atoms with Gasteiger partial charge in [-0.05, 0) is 26.0 Å². The predicted octanol–water partition coefficient (Wildman–Crippen LogP) is 1.14. The van der Waals surface area contributed by atoms with Gasteiger partial charge < -0.3 is 14.5 Å². The van der Waals surface area contributed by atoms with Crippen molar-refractivity contribution in [3.05, 3.63) is 39.4 Å². The Hall–Kier alpha value is -2.97. The maximum Gasteiger partial charge on any atom is 0.338 e. The second-order valence-electron chi connectivity index (χ2n) is 6.14. The Morgan fingerprint density at radius 1 is 1.15 bits per heavy atom. The second kappa shape index (κ2) is 7.94. The van der Waals surface area contributed by atoms with Crippen LogP contribution in [0.25, 0.3) is 0 Å². The number of carbonyl (C=O) groups is 3. The molecular formula is C17H21N3O6. The summed E-state index contributed by atoms with van der Waals surface area (Å²) in [6, 6.07) is 3.90. The Balaban J connectivity index is 1.96. The Kier molecular flexibility index (Phi) is 5.91. The summed E-state index contributed by atoms with van der Waals surface area (Å²) in [6.45, 7) is 6.16. The van der Waals surface area contributed by atoms with Gasteiger partial charge in [0.05, 0.1) is 10.5 Å². The van der Waals surface area contributed by atoms with Crippen LogP contribution in [0.15, 0.2) is 18.2 Å². The van der Waals surface area contributed by atoms with E-state index in [0.29, 0.717) is 31.7 Å². The van der Waals surface area contributed by atoms with Crippen molar-refractivity contribution in [1.29, 1.82) is 0 Å². The summed E-state index contributed by atoms with van der Waals surface area (Å²) in [4.78, 5) is 49.4. The van der Waals surface area contributed by atoms with E-state index in [1.807, 2.05) is 0 Å². The monoisotopic (exact) mass is 363 g/mol. The molecule has 0 radical (unpaired) electrons. The zero-order valence-electron chi connectivity index (χ0n) is 14.9. The lowest BCUT2D eigenvalue weighted by atomic mass is 10.1. The molecule has 2 rings (SSSR count). The molecule has 1 aromatic rings. The van der Waals surface area contributed by atoms with Crippen LogP contribution in [-0.2, 0) is 14.3 Å². The highest BCUT2D eigenvalue weighted by molar-refractivity contribution is 5.92. The molecule has 9 nitrogen and oxygen atoms in total. The highest BCUT2D eigenvalue weighted by atomic mass is 16.6. The van der Waals surface area contributed by atoms with E-state index < -0.39 is 17.0 Å². The molecular weight excluding hydrogens is 342 g/mol. The lowest BCUT2D eigenvalue weighted by molar-refractivity contribution is -0.385. The minimum Gasteiger partial charge on any atom is -0.449 e. The summed E-state index contributed by atoms with van der Waals surface area (Å²) in [7, 11) is 0. The van der Waals surface area contributed by atoms with Crippen LogP contribution in [0.3, 0.4) is 0 Å². The topological polar surface area (TPSA) is 110 Å². The number of nitro groups is 1. The summed E-state index contributed by atoms with van der Waals surface area (Å²) in [6.07, 6.45) is -0.984. The van der Waals surface area contributed by atoms with Gasteiger partial charge in [-0.3, -0.25) is 19.7 Å². The first kappa shape index (κ1) is 19.4. The molecule has 0 spiro atoms. The van der Waals surface area contributed by atoms with Crippen LogP contribution in [0.5, 0.6) is 0 Å². The molecule has 1 aliphatic rings. The largest absolute Gasteiger partial charge is 0.449 e.